The van der Waals surface area contributed by atoms with Crippen LogP contribution >= 0.6 is 15.9 Å². The van der Waals surface area contributed by atoms with Crippen LogP contribution in [0.1, 0.15) is 12.5 Å². The molecule has 1 atom stereocenters. The van der Waals surface area contributed by atoms with Crippen molar-refractivity contribution in [2.75, 3.05) is 20.6 Å². The van der Waals surface area contributed by atoms with Gasteiger partial charge in [0.25, 0.3) is 0 Å². The number of benzene rings is 1. The van der Waals surface area contributed by atoms with Gasteiger partial charge in [0.15, 0.2) is 0 Å². The van der Waals surface area contributed by atoms with Crippen LogP contribution in [0.25, 0.3) is 0 Å². The molecule has 108 valence electrons. The van der Waals surface area contributed by atoms with Crippen molar-refractivity contribution in [1.29, 1.82) is 0 Å². The quantitative estimate of drug-likeness (QED) is 0.828. The lowest BCUT2D eigenvalue weighted by atomic mass is 10.2. The second-order valence-corrected chi connectivity index (χ2v) is 5.49. The van der Waals surface area contributed by atoms with Crippen LogP contribution in [0, 0.1) is 0 Å². The van der Waals surface area contributed by atoms with Gasteiger partial charge in [-0.05, 0) is 39.2 Å². The maximum Gasteiger partial charge on any atom is 0.387 e. The van der Waals surface area contributed by atoms with Crippen LogP contribution in [0.4, 0.5) is 8.78 Å². The maximum atomic E-state index is 12.3. The molecule has 0 bridgehead atoms. The van der Waals surface area contributed by atoms with Crippen molar-refractivity contribution in [3.8, 4) is 5.75 Å². The van der Waals surface area contributed by atoms with Gasteiger partial charge >= 0.3 is 6.61 Å². The second-order valence-electron chi connectivity index (χ2n) is 4.57. The maximum absolute atomic E-state index is 12.3. The fourth-order valence-corrected chi connectivity index (χ4v) is 1.90. The third-order valence-corrected chi connectivity index (χ3v) is 3.37. The van der Waals surface area contributed by atoms with E-state index >= 15 is 0 Å². The first-order chi connectivity index (χ1) is 8.90. The summed E-state index contributed by atoms with van der Waals surface area (Å²) in [5.41, 5.74) is 0.709. The molecule has 1 N–H and O–H groups in total. The summed E-state index contributed by atoms with van der Waals surface area (Å²) in [6.45, 7) is 0.540. The van der Waals surface area contributed by atoms with Crippen molar-refractivity contribution in [2.24, 2.45) is 0 Å². The lowest BCUT2D eigenvalue weighted by Gasteiger charge is -2.20. The topological polar surface area (TPSA) is 24.5 Å². The number of halogens is 3. The summed E-state index contributed by atoms with van der Waals surface area (Å²) < 4.78 is 29.9. The van der Waals surface area contributed by atoms with E-state index < -0.39 is 6.61 Å². The third-order valence-electron chi connectivity index (χ3n) is 2.88. The Balaban J connectivity index is 2.63. The molecular formula is C13H19BrF2N2O. The van der Waals surface area contributed by atoms with E-state index in [2.05, 4.69) is 37.8 Å². The molecule has 3 nitrogen and oxygen atoms in total. The van der Waals surface area contributed by atoms with Crippen LogP contribution in [0.5, 0.6) is 5.75 Å². The Morgan fingerprint density at radius 1 is 1.37 bits per heavy atom. The van der Waals surface area contributed by atoms with Crippen molar-refractivity contribution in [2.45, 2.75) is 26.1 Å². The summed E-state index contributed by atoms with van der Waals surface area (Å²) in [5.74, 6) is 0.211. The van der Waals surface area contributed by atoms with Gasteiger partial charge in [0.05, 0.1) is 0 Å². The first kappa shape index (κ1) is 16.3. The van der Waals surface area contributed by atoms with E-state index in [-0.39, 0.29) is 5.75 Å². The molecule has 1 aromatic rings. The largest absolute Gasteiger partial charge is 0.434 e. The van der Waals surface area contributed by atoms with E-state index in [0.717, 1.165) is 11.0 Å². The minimum Gasteiger partial charge on any atom is -0.434 e. The standard InChI is InChI=1S/C13H19BrF2N2O/c1-9(18(2)3)7-17-8-10-6-11(14)4-5-12(10)19-13(15)16/h4-6,9,13,17H,7-8H2,1-3H3. The number of hydrogen-bond donors (Lipinski definition) is 1. The van der Waals surface area contributed by atoms with Crippen LogP contribution in [-0.2, 0) is 6.54 Å². The van der Waals surface area contributed by atoms with Crippen molar-refractivity contribution in [3.63, 3.8) is 0 Å². The summed E-state index contributed by atoms with van der Waals surface area (Å²) in [6.07, 6.45) is 0. The van der Waals surface area contributed by atoms with E-state index in [9.17, 15) is 8.78 Å². The average Bonchev–Trinajstić information content (AvgIpc) is 2.31. The highest BCUT2D eigenvalue weighted by atomic mass is 79.9. The number of ether oxygens (including phenoxy) is 1. The molecule has 19 heavy (non-hydrogen) atoms. The molecule has 0 spiro atoms. The van der Waals surface area contributed by atoms with Gasteiger partial charge in [0.2, 0.25) is 0 Å². The molecule has 0 fully saturated rings. The molecule has 0 aliphatic heterocycles. The van der Waals surface area contributed by atoms with E-state index in [1.807, 2.05) is 14.1 Å². The van der Waals surface area contributed by atoms with Gasteiger partial charge in [0, 0.05) is 29.2 Å². The molecule has 0 amide bonds. The molecule has 1 aromatic carbocycles. The molecule has 0 aromatic heterocycles. The normalized spacial score (nSPS) is 13.1. The van der Waals surface area contributed by atoms with E-state index in [4.69, 9.17) is 0 Å². The first-order valence-corrected chi connectivity index (χ1v) is 6.80. The summed E-state index contributed by atoms with van der Waals surface area (Å²) in [6, 6.07) is 5.38. The van der Waals surface area contributed by atoms with Gasteiger partial charge in [-0.25, -0.2) is 0 Å². The highest BCUT2D eigenvalue weighted by molar-refractivity contribution is 9.10. The second kappa shape index (κ2) is 7.77. The van der Waals surface area contributed by atoms with Gasteiger partial charge in [0.1, 0.15) is 5.75 Å². The molecular weight excluding hydrogens is 318 g/mol. The highest BCUT2D eigenvalue weighted by Crippen LogP contribution is 2.24. The third kappa shape index (κ3) is 5.84. The van der Waals surface area contributed by atoms with Crippen molar-refractivity contribution < 1.29 is 13.5 Å². The molecule has 1 unspecified atom stereocenters. The summed E-state index contributed by atoms with van der Waals surface area (Å²) in [4.78, 5) is 2.09. The van der Waals surface area contributed by atoms with Crippen molar-refractivity contribution >= 4 is 15.9 Å². The Morgan fingerprint density at radius 3 is 2.63 bits per heavy atom. The molecule has 0 aliphatic rings. The Morgan fingerprint density at radius 2 is 2.05 bits per heavy atom. The van der Waals surface area contributed by atoms with Gasteiger partial charge < -0.3 is 15.0 Å². The number of nitrogens with one attached hydrogen (secondary N) is 1. The molecule has 6 heteroatoms. The number of likely N-dealkylation sites (N-methyl/N-ethyl adjacent to an activating group) is 1. The number of rotatable bonds is 7. The smallest absolute Gasteiger partial charge is 0.387 e. The van der Waals surface area contributed by atoms with Crippen LogP contribution in [-0.4, -0.2) is 38.2 Å². The Labute approximate surface area is 121 Å². The minimum absolute atomic E-state index is 0.211. The van der Waals surface area contributed by atoms with Gasteiger partial charge in [-0.2, -0.15) is 8.78 Å². The Kier molecular flexibility index (Phi) is 6.68. The SMILES string of the molecule is CC(CNCc1cc(Br)ccc1OC(F)F)N(C)C. The monoisotopic (exact) mass is 336 g/mol. The fraction of sp³-hybridized carbons (Fsp3) is 0.538. The Hall–Kier alpha value is -0.720. The molecule has 1 rings (SSSR count). The molecule has 0 saturated carbocycles. The summed E-state index contributed by atoms with van der Waals surface area (Å²) >= 11 is 3.33. The van der Waals surface area contributed by atoms with Crippen LogP contribution in [0.3, 0.4) is 0 Å². The first-order valence-electron chi connectivity index (χ1n) is 6.00. The van der Waals surface area contributed by atoms with Gasteiger partial charge in [-0.1, -0.05) is 15.9 Å². The number of hydrogen-bond acceptors (Lipinski definition) is 3. The average molecular weight is 337 g/mol. The Bertz CT molecular complexity index is 402. The van der Waals surface area contributed by atoms with E-state index in [1.54, 1.807) is 18.2 Å². The zero-order valence-corrected chi connectivity index (χ0v) is 12.9. The summed E-state index contributed by atoms with van der Waals surface area (Å²) in [7, 11) is 3.99. The highest BCUT2D eigenvalue weighted by Gasteiger charge is 2.11. The summed E-state index contributed by atoms with van der Waals surface area (Å²) in [5, 5.41) is 3.24. The van der Waals surface area contributed by atoms with Crippen molar-refractivity contribution in [3.05, 3.63) is 28.2 Å². The van der Waals surface area contributed by atoms with Crippen LogP contribution < -0.4 is 10.1 Å². The lowest BCUT2D eigenvalue weighted by molar-refractivity contribution is -0.0505. The molecule has 0 saturated heterocycles. The van der Waals surface area contributed by atoms with Gasteiger partial charge in [-0.15, -0.1) is 0 Å². The predicted molar refractivity (Wildman–Crippen MR) is 75.6 cm³/mol. The van der Waals surface area contributed by atoms with Crippen molar-refractivity contribution in [1.82, 2.24) is 10.2 Å². The molecule has 0 radical (unpaired) electrons. The lowest BCUT2D eigenvalue weighted by Crippen LogP contribution is -2.35. The van der Waals surface area contributed by atoms with E-state index in [0.29, 0.717) is 18.2 Å². The van der Waals surface area contributed by atoms with E-state index in [1.165, 1.54) is 0 Å². The minimum atomic E-state index is -2.80. The van der Waals surface area contributed by atoms with Gasteiger partial charge in [-0.3, -0.25) is 0 Å². The zero-order chi connectivity index (χ0) is 14.4. The predicted octanol–water partition coefficient (Wildman–Crippen LogP) is 3.09. The molecule has 0 heterocycles. The fourth-order valence-electron chi connectivity index (χ4n) is 1.50. The number of alkyl halides is 2. The van der Waals surface area contributed by atoms with Crippen LogP contribution in [0.2, 0.25) is 0 Å². The number of nitrogens with zero attached hydrogens (tertiary/aromatic N) is 1. The molecule has 0 aliphatic carbocycles. The van der Waals surface area contributed by atoms with Crippen LogP contribution in [0.15, 0.2) is 22.7 Å². The zero-order valence-electron chi connectivity index (χ0n) is 11.3.